The predicted molar refractivity (Wildman–Crippen MR) is 85.9 cm³/mol. The molecule has 0 radical (unpaired) electrons. The van der Waals surface area contributed by atoms with Crippen LogP contribution in [-0.4, -0.2) is 9.55 Å². The van der Waals surface area contributed by atoms with Gasteiger partial charge in [-0.15, -0.1) is 0 Å². The minimum Gasteiger partial charge on any atom is -0.489 e. The normalized spacial score (nSPS) is 16.5. The third kappa shape index (κ3) is 2.39. The zero-order chi connectivity index (χ0) is 14.8. The van der Waals surface area contributed by atoms with Gasteiger partial charge in [-0.05, 0) is 35.6 Å². The quantitative estimate of drug-likeness (QED) is 0.726. The molecule has 3 nitrogen and oxygen atoms in total. The number of benzene rings is 2. The molecule has 0 fully saturated rings. The summed E-state index contributed by atoms with van der Waals surface area (Å²) in [6.07, 6.45) is 7.95. The molecule has 0 aliphatic heterocycles. The SMILES string of the molecule is c1ccc(COc2cccc3c2CCC3n2ccnc2)cc1. The van der Waals surface area contributed by atoms with Crippen LogP contribution in [0.4, 0.5) is 0 Å². The molecule has 22 heavy (non-hydrogen) atoms. The summed E-state index contributed by atoms with van der Waals surface area (Å²) in [5, 5.41) is 0. The highest BCUT2D eigenvalue weighted by molar-refractivity contribution is 5.45. The average Bonchev–Trinajstić information content (AvgIpc) is 3.22. The number of hydrogen-bond donors (Lipinski definition) is 0. The standard InChI is InChI=1S/C19H18N2O/c1-2-5-15(6-3-1)13-22-19-8-4-7-16-17(19)9-10-18(16)21-12-11-20-14-21/h1-8,11-12,14,18H,9-10,13H2. The van der Waals surface area contributed by atoms with Gasteiger partial charge in [0.1, 0.15) is 12.4 Å². The molecule has 0 N–H and O–H groups in total. The van der Waals surface area contributed by atoms with Crippen molar-refractivity contribution >= 4 is 0 Å². The number of rotatable bonds is 4. The maximum Gasteiger partial charge on any atom is 0.123 e. The van der Waals surface area contributed by atoms with E-state index in [1.165, 1.54) is 16.7 Å². The van der Waals surface area contributed by atoms with Gasteiger partial charge in [-0.25, -0.2) is 4.98 Å². The molecule has 0 saturated heterocycles. The first-order chi connectivity index (χ1) is 10.9. The molecule has 4 rings (SSSR count). The first kappa shape index (κ1) is 13.1. The molecule has 0 amide bonds. The number of hydrogen-bond acceptors (Lipinski definition) is 2. The van der Waals surface area contributed by atoms with Crippen molar-refractivity contribution in [2.75, 3.05) is 0 Å². The van der Waals surface area contributed by atoms with Gasteiger partial charge in [0.2, 0.25) is 0 Å². The number of fused-ring (bicyclic) bond motifs is 1. The Labute approximate surface area is 130 Å². The van der Waals surface area contributed by atoms with Crippen LogP contribution in [0.25, 0.3) is 0 Å². The number of nitrogens with zero attached hydrogens (tertiary/aromatic N) is 2. The smallest absolute Gasteiger partial charge is 0.123 e. The highest BCUT2D eigenvalue weighted by atomic mass is 16.5. The molecule has 1 heterocycles. The first-order valence-electron chi connectivity index (χ1n) is 7.68. The summed E-state index contributed by atoms with van der Waals surface area (Å²) >= 11 is 0. The van der Waals surface area contributed by atoms with Gasteiger partial charge in [0.05, 0.1) is 12.4 Å². The fraction of sp³-hybridized carbons (Fsp3) is 0.211. The summed E-state index contributed by atoms with van der Waals surface area (Å²) in [4.78, 5) is 4.17. The number of aromatic nitrogens is 2. The van der Waals surface area contributed by atoms with E-state index < -0.39 is 0 Å². The van der Waals surface area contributed by atoms with E-state index in [1.54, 1.807) is 0 Å². The summed E-state index contributed by atoms with van der Waals surface area (Å²) in [5.74, 6) is 1.02. The Hall–Kier alpha value is -2.55. The molecule has 1 unspecified atom stereocenters. The van der Waals surface area contributed by atoms with Crippen LogP contribution in [0.2, 0.25) is 0 Å². The molecule has 1 aliphatic carbocycles. The van der Waals surface area contributed by atoms with Gasteiger partial charge in [-0.3, -0.25) is 0 Å². The van der Waals surface area contributed by atoms with Crippen molar-refractivity contribution in [3.63, 3.8) is 0 Å². The van der Waals surface area contributed by atoms with Crippen LogP contribution in [0, 0.1) is 0 Å². The first-order valence-corrected chi connectivity index (χ1v) is 7.68. The molecule has 1 atom stereocenters. The Bertz CT molecular complexity index is 750. The van der Waals surface area contributed by atoms with Crippen LogP contribution in [0.5, 0.6) is 5.75 Å². The molecular weight excluding hydrogens is 272 g/mol. The molecule has 0 spiro atoms. The molecule has 0 saturated carbocycles. The maximum atomic E-state index is 6.08. The van der Waals surface area contributed by atoms with E-state index >= 15 is 0 Å². The third-order valence-electron chi connectivity index (χ3n) is 4.32. The highest BCUT2D eigenvalue weighted by Gasteiger charge is 2.26. The Morgan fingerprint density at radius 2 is 2.00 bits per heavy atom. The van der Waals surface area contributed by atoms with E-state index in [1.807, 2.05) is 36.9 Å². The van der Waals surface area contributed by atoms with Crippen LogP contribution >= 0.6 is 0 Å². The minimum atomic E-state index is 0.387. The number of imidazole rings is 1. The Kier molecular flexibility index (Phi) is 3.39. The summed E-state index contributed by atoms with van der Waals surface area (Å²) in [6, 6.07) is 17.1. The molecule has 2 aromatic carbocycles. The summed E-state index contributed by atoms with van der Waals surface area (Å²) < 4.78 is 8.26. The monoisotopic (exact) mass is 290 g/mol. The van der Waals surface area contributed by atoms with E-state index in [0.717, 1.165) is 18.6 Å². The zero-order valence-corrected chi connectivity index (χ0v) is 12.4. The second-order valence-electron chi connectivity index (χ2n) is 5.66. The molecule has 1 aliphatic rings. The van der Waals surface area contributed by atoms with E-state index in [2.05, 4.69) is 39.9 Å². The topological polar surface area (TPSA) is 27.1 Å². The van der Waals surface area contributed by atoms with Crippen molar-refractivity contribution < 1.29 is 4.74 Å². The molecule has 3 aromatic rings. The van der Waals surface area contributed by atoms with Crippen LogP contribution < -0.4 is 4.74 Å². The van der Waals surface area contributed by atoms with Gasteiger partial charge in [0.25, 0.3) is 0 Å². The van der Waals surface area contributed by atoms with Crippen LogP contribution in [0.3, 0.4) is 0 Å². The summed E-state index contributed by atoms with van der Waals surface area (Å²) in [6.45, 7) is 0.618. The fourth-order valence-corrected chi connectivity index (χ4v) is 3.23. The zero-order valence-electron chi connectivity index (χ0n) is 12.4. The lowest BCUT2D eigenvalue weighted by Gasteiger charge is -2.15. The second kappa shape index (κ2) is 5.68. The lowest BCUT2D eigenvalue weighted by molar-refractivity contribution is 0.303. The third-order valence-corrected chi connectivity index (χ3v) is 4.32. The Balaban J connectivity index is 1.58. The minimum absolute atomic E-state index is 0.387. The lowest BCUT2D eigenvalue weighted by atomic mass is 10.1. The van der Waals surface area contributed by atoms with Crippen molar-refractivity contribution in [1.29, 1.82) is 0 Å². The van der Waals surface area contributed by atoms with Crippen LogP contribution in [0.1, 0.15) is 29.2 Å². The second-order valence-corrected chi connectivity index (χ2v) is 5.66. The average molecular weight is 290 g/mol. The number of ether oxygens (including phenoxy) is 1. The van der Waals surface area contributed by atoms with Gasteiger partial charge in [-0.2, -0.15) is 0 Å². The largest absolute Gasteiger partial charge is 0.489 e. The van der Waals surface area contributed by atoms with Crippen molar-refractivity contribution in [3.8, 4) is 5.75 Å². The molecule has 0 bridgehead atoms. The molecule has 110 valence electrons. The maximum absolute atomic E-state index is 6.08. The summed E-state index contributed by atoms with van der Waals surface area (Å²) in [5.41, 5.74) is 3.91. The van der Waals surface area contributed by atoms with Gasteiger partial charge < -0.3 is 9.30 Å². The van der Waals surface area contributed by atoms with E-state index in [0.29, 0.717) is 12.6 Å². The highest BCUT2D eigenvalue weighted by Crippen LogP contribution is 2.39. The van der Waals surface area contributed by atoms with Crippen molar-refractivity contribution in [1.82, 2.24) is 9.55 Å². The van der Waals surface area contributed by atoms with E-state index in [-0.39, 0.29) is 0 Å². The van der Waals surface area contributed by atoms with Gasteiger partial charge in [-0.1, -0.05) is 42.5 Å². The van der Waals surface area contributed by atoms with Crippen molar-refractivity contribution in [3.05, 3.63) is 83.9 Å². The molecule has 3 heteroatoms. The van der Waals surface area contributed by atoms with Gasteiger partial charge in [0, 0.05) is 12.4 Å². The molecular formula is C19H18N2O. The Morgan fingerprint density at radius 3 is 2.82 bits per heavy atom. The predicted octanol–water partition coefficient (Wildman–Crippen LogP) is 4.00. The van der Waals surface area contributed by atoms with Gasteiger partial charge in [0.15, 0.2) is 0 Å². The molecule has 1 aromatic heterocycles. The van der Waals surface area contributed by atoms with Crippen molar-refractivity contribution in [2.24, 2.45) is 0 Å². The van der Waals surface area contributed by atoms with E-state index in [4.69, 9.17) is 4.74 Å². The van der Waals surface area contributed by atoms with Crippen molar-refractivity contribution in [2.45, 2.75) is 25.5 Å². The summed E-state index contributed by atoms with van der Waals surface area (Å²) in [7, 11) is 0. The van der Waals surface area contributed by atoms with Gasteiger partial charge >= 0.3 is 0 Å². The van der Waals surface area contributed by atoms with Crippen LogP contribution in [-0.2, 0) is 13.0 Å². The Morgan fingerprint density at radius 1 is 1.09 bits per heavy atom. The van der Waals surface area contributed by atoms with Crippen LogP contribution in [0.15, 0.2) is 67.3 Å². The lowest BCUT2D eigenvalue weighted by Crippen LogP contribution is -2.04. The fourth-order valence-electron chi connectivity index (χ4n) is 3.23. The van der Waals surface area contributed by atoms with E-state index in [9.17, 15) is 0 Å².